The van der Waals surface area contributed by atoms with E-state index in [2.05, 4.69) is 128 Å². The van der Waals surface area contributed by atoms with Crippen molar-refractivity contribution in [3.63, 3.8) is 0 Å². The van der Waals surface area contributed by atoms with Crippen molar-refractivity contribution < 1.29 is 0 Å². The van der Waals surface area contributed by atoms with E-state index in [1.54, 1.807) is 0 Å². The zero-order valence-corrected chi connectivity index (χ0v) is 22.1. The molecule has 4 aromatic rings. The van der Waals surface area contributed by atoms with Gasteiger partial charge in [-0.15, -0.1) is 0 Å². The van der Waals surface area contributed by atoms with Gasteiger partial charge in [-0.2, -0.15) is 0 Å². The van der Waals surface area contributed by atoms with E-state index in [1.165, 1.54) is 22.3 Å². The third kappa shape index (κ3) is 3.91. The van der Waals surface area contributed by atoms with Gasteiger partial charge in [0.1, 0.15) is 0 Å². The zero-order valence-electron chi connectivity index (χ0n) is 18.1. The summed E-state index contributed by atoms with van der Waals surface area (Å²) in [6, 6.07) is 44.8. The molecular weight excluding hydrogens is 382 g/mol. The van der Waals surface area contributed by atoms with Crippen LogP contribution < -0.4 is 0 Å². The Labute approximate surface area is 215 Å². The summed E-state index contributed by atoms with van der Waals surface area (Å²) in [5.74, 6) is 0.332. The molecule has 2 heteroatoms. The average molecular weight is 406 g/mol. The first-order valence-corrected chi connectivity index (χ1v) is 12.8. The molecule has 0 saturated carbocycles. The maximum absolute atomic E-state index is 2.43. The first-order chi connectivity index (χ1) is 14.6. The number of hydrogen-bond donors (Lipinski definition) is 0. The molecule has 1 unspecified atom stereocenters. The summed E-state index contributed by atoms with van der Waals surface area (Å²) >= 11 is 2.15. The molecule has 4 rings (SSSR count). The van der Waals surface area contributed by atoms with Gasteiger partial charge in [0.25, 0.3) is 0 Å². The first kappa shape index (κ1) is 22.1. The number of benzene rings is 4. The van der Waals surface area contributed by atoms with Crippen LogP contribution in [-0.4, -0.2) is 55.9 Å². The van der Waals surface area contributed by atoms with Crippen LogP contribution in [0.3, 0.4) is 0 Å². The SMILES string of the molecule is CC(c1ccccc1)C(c1ccccc1)(c1ccccc1)[C]([Na])([Na])c1ccccc1. The van der Waals surface area contributed by atoms with Crippen molar-refractivity contribution in [2.75, 3.05) is 0 Å². The molecule has 0 radical (unpaired) electrons. The molecule has 0 N–H and O–H groups in total. The van der Waals surface area contributed by atoms with Crippen LogP contribution in [0.15, 0.2) is 121 Å². The Kier molecular flexibility index (Phi) is 7.05. The molecular formula is C28H24Na2. The second-order valence-corrected chi connectivity index (χ2v) is 14.7. The Hall–Kier alpha value is -1.12. The molecule has 138 valence electrons. The monoisotopic (exact) mass is 406 g/mol. The second kappa shape index (κ2) is 9.57. The Morgan fingerprint density at radius 1 is 0.500 bits per heavy atom. The fraction of sp³-hybridized carbons (Fsp3) is 0.143. The van der Waals surface area contributed by atoms with Gasteiger partial charge in [-0.25, -0.2) is 0 Å². The van der Waals surface area contributed by atoms with Gasteiger partial charge in [-0.05, 0) is 0 Å². The summed E-state index contributed by atoms with van der Waals surface area (Å²) in [4.78, 5) is 0. The Morgan fingerprint density at radius 2 is 0.833 bits per heavy atom. The minimum absolute atomic E-state index is 0.117. The quantitative estimate of drug-likeness (QED) is 0.346. The molecule has 0 saturated heterocycles. The fourth-order valence-corrected chi connectivity index (χ4v) is 8.09. The van der Waals surface area contributed by atoms with Crippen molar-refractivity contribution in [2.45, 2.75) is 18.2 Å². The summed E-state index contributed by atoms with van der Waals surface area (Å²) in [6.45, 7) is 2.43. The molecule has 0 aliphatic carbocycles. The van der Waals surface area contributed by atoms with Gasteiger partial charge in [-0.1, -0.05) is 0 Å². The van der Waals surface area contributed by atoms with Crippen molar-refractivity contribution >= 4 is 55.9 Å². The molecule has 0 heterocycles. The van der Waals surface area contributed by atoms with Crippen LogP contribution >= 0.6 is 0 Å². The average Bonchev–Trinajstić information content (AvgIpc) is 2.82. The van der Waals surface area contributed by atoms with Crippen molar-refractivity contribution in [2.24, 2.45) is 0 Å². The van der Waals surface area contributed by atoms with Crippen LogP contribution in [0, 0.1) is 0 Å². The number of rotatable bonds is 6. The summed E-state index contributed by atoms with van der Waals surface area (Å²) in [5.41, 5.74) is 5.58. The van der Waals surface area contributed by atoms with Crippen LogP contribution in [0.25, 0.3) is 0 Å². The van der Waals surface area contributed by atoms with E-state index >= 15 is 0 Å². The maximum atomic E-state index is 2.43. The molecule has 0 aliphatic rings. The van der Waals surface area contributed by atoms with Crippen LogP contribution in [0.2, 0.25) is 0 Å². The summed E-state index contributed by atoms with van der Waals surface area (Å²) in [7, 11) is 0. The van der Waals surface area contributed by atoms with E-state index in [9.17, 15) is 0 Å². The Bertz CT molecular complexity index is 1020. The molecule has 0 fully saturated rings. The summed E-state index contributed by atoms with van der Waals surface area (Å²) in [5, 5.41) is 0. The van der Waals surface area contributed by atoms with Crippen molar-refractivity contribution in [1.29, 1.82) is 0 Å². The normalized spacial score (nSPS) is 13.1. The zero-order chi connectivity index (χ0) is 21.0. The molecule has 1 atom stereocenters. The first-order valence-electron chi connectivity index (χ1n) is 10.8. The van der Waals surface area contributed by atoms with E-state index in [1.807, 2.05) is 0 Å². The van der Waals surface area contributed by atoms with Crippen LogP contribution in [-0.2, 0) is 5.33 Å². The fourth-order valence-electron chi connectivity index (χ4n) is 5.41. The molecule has 0 bridgehead atoms. The van der Waals surface area contributed by atoms with E-state index in [-0.39, 0.29) is 5.33 Å². The molecule has 0 spiro atoms. The van der Waals surface area contributed by atoms with Crippen molar-refractivity contribution in [3.8, 4) is 0 Å². The van der Waals surface area contributed by atoms with Gasteiger partial charge < -0.3 is 0 Å². The molecule has 0 amide bonds. The summed E-state index contributed by atoms with van der Waals surface area (Å²) < 4.78 is 0.117. The van der Waals surface area contributed by atoms with Crippen LogP contribution in [0.1, 0.15) is 35.1 Å². The van der Waals surface area contributed by atoms with Gasteiger partial charge in [0, 0.05) is 0 Å². The Balaban J connectivity index is 2.09. The van der Waals surface area contributed by atoms with Gasteiger partial charge in [0.2, 0.25) is 0 Å². The minimum atomic E-state index is -0.128. The molecule has 4 aromatic carbocycles. The molecule has 0 aliphatic heterocycles. The van der Waals surface area contributed by atoms with Gasteiger partial charge in [0.15, 0.2) is 0 Å². The van der Waals surface area contributed by atoms with Gasteiger partial charge >= 0.3 is 218 Å². The van der Waals surface area contributed by atoms with Gasteiger partial charge in [-0.3, -0.25) is 0 Å². The molecule has 0 aromatic heterocycles. The van der Waals surface area contributed by atoms with Crippen molar-refractivity contribution in [3.05, 3.63) is 144 Å². The van der Waals surface area contributed by atoms with Crippen LogP contribution in [0.4, 0.5) is 0 Å². The van der Waals surface area contributed by atoms with E-state index in [4.69, 9.17) is 0 Å². The van der Waals surface area contributed by atoms with E-state index in [0.717, 1.165) is 55.9 Å². The molecule has 0 nitrogen and oxygen atoms in total. The van der Waals surface area contributed by atoms with E-state index in [0.29, 0.717) is 5.92 Å². The topological polar surface area (TPSA) is 0 Å². The number of hydrogen-bond acceptors (Lipinski definition) is 0. The van der Waals surface area contributed by atoms with Crippen molar-refractivity contribution in [1.82, 2.24) is 0 Å². The standard InChI is InChI=1S/C28H24.2Na/c1-23(25-16-8-3-9-17-25)28(26-18-10-4-11-19-26,27-20-12-5-13-21-27)22-24-14-6-2-7-15-24;;/h2-21,23H,1H3;;. The second-order valence-electron chi connectivity index (χ2n) is 8.66. The Morgan fingerprint density at radius 3 is 1.23 bits per heavy atom. The van der Waals surface area contributed by atoms with E-state index < -0.39 is 0 Å². The van der Waals surface area contributed by atoms with Gasteiger partial charge in [0.05, 0.1) is 0 Å². The third-order valence-electron chi connectivity index (χ3n) is 6.89. The third-order valence-corrected chi connectivity index (χ3v) is 9.62. The van der Waals surface area contributed by atoms with Crippen LogP contribution in [0.5, 0.6) is 0 Å². The predicted octanol–water partition coefficient (Wildman–Crippen LogP) is 5.97. The predicted molar refractivity (Wildman–Crippen MR) is 128 cm³/mol. The molecule has 30 heavy (non-hydrogen) atoms. The summed E-state index contributed by atoms with van der Waals surface area (Å²) in [6.07, 6.45) is 0.